The van der Waals surface area contributed by atoms with Gasteiger partial charge in [-0.2, -0.15) is 0 Å². The Kier molecular flexibility index (Phi) is 41.6. The molecule has 0 fully saturated rings. The van der Waals surface area contributed by atoms with Gasteiger partial charge in [-0.3, -0.25) is 18.6 Å². The molecular weight excluding hydrogens is 737 g/mol. The number of nitrogens with one attached hydrogen (secondary N) is 1. The van der Waals surface area contributed by atoms with Gasteiger partial charge < -0.3 is 20.1 Å². The number of rotatable bonds is 42. The third-order valence-electron chi connectivity index (χ3n) is 9.42. The number of aliphatic hydroxyl groups is 1. The van der Waals surface area contributed by atoms with Crippen LogP contribution in [0.25, 0.3) is 0 Å². The topological polar surface area (TPSA) is 131 Å². The number of unbranched alkanes of at least 4 members (excludes halogenated alkanes) is 19. The average Bonchev–Trinajstić information content (AvgIpc) is 3.20. The van der Waals surface area contributed by atoms with Crippen molar-refractivity contribution >= 4 is 19.7 Å². The second kappa shape index (κ2) is 43.3. The van der Waals surface area contributed by atoms with E-state index in [1.165, 1.54) is 116 Å². The molecular formula is C47H84NO8P. The fourth-order valence-electron chi connectivity index (χ4n) is 5.96. The summed E-state index contributed by atoms with van der Waals surface area (Å²) in [4.78, 5) is 33.9. The van der Waals surface area contributed by atoms with E-state index in [1.807, 2.05) is 6.08 Å². The molecule has 0 radical (unpaired) electrons. The van der Waals surface area contributed by atoms with Gasteiger partial charge >= 0.3 is 13.8 Å². The monoisotopic (exact) mass is 822 g/mol. The van der Waals surface area contributed by atoms with Gasteiger partial charge in [-0.25, -0.2) is 4.57 Å². The second-order valence-corrected chi connectivity index (χ2v) is 16.5. The minimum Gasteiger partial charge on any atom is -0.463 e. The van der Waals surface area contributed by atoms with Gasteiger partial charge in [0.2, 0.25) is 5.91 Å². The number of phosphoric acid groups is 1. The molecule has 0 aliphatic carbocycles. The Morgan fingerprint density at radius 1 is 0.544 bits per heavy atom. The molecule has 0 aromatic heterocycles. The summed E-state index contributed by atoms with van der Waals surface area (Å²) in [5.41, 5.74) is 0. The molecule has 0 aromatic rings. The minimum absolute atomic E-state index is 0.0723. The highest BCUT2D eigenvalue weighted by molar-refractivity contribution is 7.47. The third-order valence-corrected chi connectivity index (χ3v) is 10.4. The molecule has 1 amide bonds. The highest BCUT2D eigenvalue weighted by Gasteiger charge is 2.23. The summed E-state index contributed by atoms with van der Waals surface area (Å²) in [6.45, 7) is 3.46. The van der Waals surface area contributed by atoms with Gasteiger partial charge in [0.1, 0.15) is 12.7 Å². The maximum absolute atomic E-state index is 12.1. The molecule has 0 aliphatic heterocycles. The normalized spacial score (nSPS) is 13.8. The zero-order chi connectivity index (χ0) is 41.8. The highest BCUT2D eigenvalue weighted by atomic mass is 31.2. The molecule has 2 atom stereocenters. The molecule has 0 heterocycles. The molecule has 57 heavy (non-hydrogen) atoms. The Balaban J connectivity index is 3.66. The largest absolute Gasteiger partial charge is 0.472 e. The predicted molar refractivity (Wildman–Crippen MR) is 238 cm³/mol. The average molecular weight is 822 g/mol. The lowest BCUT2D eigenvalue weighted by molar-refractivity contribution is -0.147. The van der Waals surface area contributed by atoms with Crippen molar-refractivity contribution in [3.63, 3.8) is 0 Å². The first-order valence-corrected chi connectivity index (χ1v) is 24.3. The molecule has 0 saturated carbocycles. The van der Waals surface area contributed by atoms with Crippen LogP contribution in [0, 0.1) is 0 Å². The Morgan fingerprint density at radius 3 is 1.51 bits per heavy atom. The Bertz CT molecular complexity index is 1120. The Morgan fingerprint density at radius 2 is 0.965 bits per heavy atom. The van der Waals surface area contributed by atoms with Crippen LogP contribution in [0.5, 0.6) is 0 Å². The quantitative estimate of drug-likeness (QED) is 0.0240. The standard InChI is InChI=1S/C47H84NO8P/c1-3-5-7-9-11-13-15-17-19-21-22-24-25-27-29-31-33-35-37-39-46(50)48-41-42-55-57(52,53)56-44-45(49)43-54-47(51)40-38-36-34-32-30-28-26-23-20-18-16-14-12-10-8-6-4-2/h12,14,17-20,26,28,32,34,45,49H,3-11,13,15-16,21-25,27,29-31,33,35-44H2,1-2H3,(H,48,50)(H,52,53)/b14-12-,19-17+,20-18-,28-26-,34-32-. The Hall–Kier alpha value is -2.29. The number of hydrogen-bond acceptors (Lipinski definition) is 7. The van der Waals surface area contributed by atoms with Gasteiger partial charge in [-0.15, -0.1) is 0 Å². The first-order chi connectivity index (χ1) is 27.8. The lowest BCUT2D eigenvalue weighted by Gasteiger charge is -2.15. The Labute approximate surface area is 348 Å². The first-order valence-electron chi connectivity index (χ1n) is 22.8. The molecule has 0 aliphatic rings. The molecule has 0 aromatic carbocycles. The van der Waals surface area contributed by atoms with E-state index in [9.17, 15) is 24.2 Å². The van der Waals surface area contributed by atoms with Gasteiger partial charge in [0.15, 0.2) is 0 Å². The van der Waals surface area contributed by atoms with E-state index in [-0.39, 0.29) is 32.1 Å². The minimum atomic E-state index is -4.43. The number of carbonyl (C=O) groups excluding carboxylic acids is 2. The zero-order valence-corrected chi connectivity index (χ0v) is 37.2. The van der Waals surface area contributed by atoms with Gasteiger partial charge in [-0.1, -0.05) is 164 Å². The molecule has 10 heteroatoms. The van der Waals surface area contributed by atoms with E-state index >= 15 is 0 Å². The summed E-state index contributed by atoms with van der Waals surface area (Å²) < 4.78 is 26.8. The summed E-state index contributed by atoms with van der Waals surface area (Å²) in [6, 6.07) is 0. The summed E-state index contributed by atoms with van der Waals surface area (Å²) in [7, 11) is -4.43. The van der Waals surface area contributed by atoms with E-state index in [1.54, 1.807) is 0 Å². The van der Waals surface area contributed by atoms with Crippen molar-refractivity contribution in [3.05, 3.63) is 60.8 Å². The van der Waals surface area contributed by atoms with Crippen LogP contribution in [-0.2, 0) is 27.9 Å². The highest BCUT2D eigenvalue weighted by Crippen LogP contribution is 2.42. The van der Waals surface area contributed by atoms with Gasteiger partial charge in [0.25, 0.3) is 0 Å². The number of phosphoric ester groups is 1. The molecule has 3 N–H and O–H groups in total. The number of allylic oxidation sites excluding steroid dienone is 10. The fourth-order valence-corrected chi connectivity index (χ4v) is 6.71. The van der Waals surface area contributed by atoms with Crippen molar-refractivity contribution in [3.8, 4) is 0 Å². The van der Waals surface area contributed by atoms with Gasteiger partial charge in [-0.05, 0) is 77.0 Å². The number of aliphatic hydroxyl groups excluding tert-OH is 1. The van der Waals surface area contributed by atoms with Crippen LogP contribution in [0.15, 0.2) is 60.8 Å². The molecule has 9 nitrogen and oxygen atoms in total. The van der Waals surface area contributed by atoms with Crippen molar-refractivity contribution in [2.45, 2.75) is 200 Å². The smallest absolute Gasteiger partial charge is 0.463 e. The van der Waals surface area contributed by atoms with Crippen LogP contribution in [0.2, 0.25) is 0 Å². The maximum atomic E-state index is 12.1. The van der Waals surface area contributed by atoms with E-state index in [0.29, 0.717) is 12.8 Å². The van der Waals surface area contributed by atoms with Crippen LogP contribution >= 0.6 is 7.82 Å². The van der Waals surface area contributed by atoms with E-state index in [0.717, 1.165) is 44.9 Å². The number of ether oxygens (including phenoxy) is 1. The van der Waals surface area contributed by atoms with Crippen molar-refractivity contribution in [2.24, 2.45) is 0 Å². The van der Waals surface area contributed by atoms with Crippen LogP contribution in [0.4, 0.5) is 0 Å². The van der Waals surface area contributed by atoms with Crippen molar-refractivity contribution < 1.29 is 37.9 Å². The van der Waals surface area contributed by atoms with Crippen molar-refractivity contribution in [1.82, 2.24) is 5.32 Å². The molecule has 0 bridgehead atoms. The second-order valence-electron chi connectivity index (χ2n) is 15.0. The lowest BCUT2D eigenvalue weighted by Crippen LogP contribution is -2.27. The van der Waals surface area contributed by atoms with E-state index in [2.05, 4.69) is 73.8 Å². The fraction of sp³-hybridized carbons (Fsp3) is 0.745. The molecule has 330 valence electrons. The zero-order valence-electron chi connectivity index (χ0n) is 36.3. The number of carbonyl (C=O) groups is 2. The van der Waals surface area contributed by atoms with Crippen molar-refractivity contribution in [2.75, 3.05) is 26.4 Å². The molecule has 0 rings (SSSR count). The van der Waals surface area contributed by atoms with Crippen molar-refractivity contribution in [1.29, 1.82) is 0 Å². The number of esters is 1. The molecule has 2 unspecified atom stereocenters. The van der Waals surface area contributed by atoms with Crippen LogP contribution in [-0.4, -0.2) is 54.3 Å². The van der Waals surface area contributed by atoms with Gasteiger partial charge in [0.05, 0.1) is 13.2 Å². The lowest BCUT2D eigenvalue weighted by atomic mass is 10.1. The van der Waals surface area contributed by atoms with Crippen LogP contribution in [0.3, 0.4) is 0 Å². The van der Waals surface area contributed by atoms with Crippen LogP contribution < -0.4 is 5.32 Å². The summed E-state index contributed by atoms with van der Waals surface area (Å²) in [5, 5.41) is 12.7. The van der Waals surface area contributed by atoms with Gasteiger partial charge in [0, 0.05) is 19.4 Å². The van der Waals surface area contributed by atoms with E-state index < -0.39 is 26.5 Å². The summed E-state index contributed by atoms with van der Waals surface area (Å²) in [6.07, 6.45) is 51.6. The predicted octanol–water partition coefficient (Wildman–Crippen LogP) is 12.9. The summed E-state index contributed by atoms with van der Waals surface area (Å²) in [5.74, 6) is -0.577. The summed E-state index contributed by atoms with van der Waals surface area (Å²) >= 11 is 0. The van der Waals surface area contributed by atoms with Crippen LogP contribution in [0.1, 0.15) is 194 Å². The molecule has 0 spiro atoms. The number of hydrogen-bond donors (Lipinski definition) is 3. The molecule has 0 saturated heterocycles. The third kappa shape index (κ3) is 44.7. The van der Waals surface area contributed by atoms with E-state index in [4.69, 9.17) is 13.8 Å². The maximum Gasteiger partial charge on any atom is 0.472 e. The SMILES string of the molecule is CCCCC/C=C\C/C=C\C/C=C\C/C=C\CCCC(=O)OCC(O)COP(=O)(O)OCCNC(=O)CCCCCCCCCCC/C=C/CCCCCCCC. The number of amides is 1. The first kappa shape index (κ1) is 54.7.